The van der Waals surface area contributed by atoms with E-state index in [1.165, 1.54) is 0 Å². The molecule has 0 aliphatic carbocycles. The summed E-state index contributed by atoms with van der Waals surface area (Å²) >= 11 is 0. The zero-order valence-electron chi connectivity index (χ0n) is 5.37. The van der Waals surface area contributed by atoms with E-state index >= 15 is 0 Å². The van der Waals surface area contributed by atoms with Gasteiger partial charge in [0.2, 0.25) is 0 Å². The minimum Gasteiger partial charge on any atom is -0.480 e. The van der Waals surface area contributed by atoms with Crippen molar-refractivity contribution in [1.82, 2.24) is 5.32 Å². The molecule has 1 unspecified atom stereocenters. The average Bonchev–Trinajstić information content (AvgIpc) is 1.89. The van der Waals surface area contributed by atoms with E-state index in [9.17, 15) is 4.79 Å². The number of aliphatic hydroxyl groups excluding tert-OH is 1. The fourth-order valence-corrected chi connectivity index (χ4v) is 0.412. The Labute approximate surface area is 58.9 Å². The Bertz CT molecular complexity index is 150. The van der Waals surface area contributed by atoms with Crippen molar-refractivity contribution < 1.29 is 15.0 Å². The highest BCUT2D eigenvalue weighted by molar-refractivity contribution is 5.73. The predicted molar refractivity (Wildman–Crippen MR) is 35.3 cm³/mol. The third-order valence-electron chi connectivity index (χ3n) is 0.931. The van der Waals surface area contributed by atoms with Gasteiger partial charge < -0.3 is 10.2 Å². The Morgan fingerprint density at radius 2 is 2.40 bits per heavy atom. The average molecular weight is 143 g/mol. The number of aliphatic carboxylic acids is 1. The highest BCUT2D eigenvalue weighted by Gasteiger charge is 2.13. The Kier molecular flexibility index (Phi) is 4.29. The van der Waals surface area contributed by atoms with Gasteiger partial charge in [0.15, 0.2) is 0 Å². The second-order valence-electron chi connectivity index (χ2n) is 1.66. The molecular weight excluding hydrogens is 134 g/mol. The first-order valence-corrected chi connectivity index (χ1v) is 2.73. The molecule has 4 nitrogen and oxygen atoms in total. The monoisotopic (exact) mass is 143 g/mol. The molecular formula is C6H9NO3. The van der Waals surface area contributed by atoms with E-state index in [-0.39, 0.29) is 6.54 Å². The van der Waals surface area contributed by atoms with Gasteiger partial charge in [-0.25, -0.2) is 0 Å². The topological polar surface area (TPSA) is 69.6 Å². The van der Waals surface area contributed by atoms with Crippen LogP contribution in [0.1, 0.15) is 0 Å². The van der Waals surface area contributed by atoms with Crippen molar-refractivity contribution in [3.05, 3.63) is 0 Å². The molecule has 0 amide bonds. The number of carboxylic acid groups (broad SMARTS) is 1. The summed E-state index contributed by atoms with van der Waals surface area (Å²) in [6, 6.07) is -0.948. The molecule has 4 heteroatoms. The largest absolute Gasteiger partial charge is 0.480 e. The number of rotatable bonds is 4. The van der Waals surface area contributed by atoms with E-state index in [0.29, 0.717) is 0 Å². The van der Waals surface area contributed by atoms with Crippen LogP contribution in [0.25, 0.3) is 0 Å². The summed E-state index contributed by atoms with van der Waals surface area (Å²) in [6.07, 6.45) is 4.84. The number of hydrogen-bond donors (Lipinski definition) is 3. The molecule has 0 aromatic heterocycles. The maximum absolute atomic E-state index is 10.1. The molecule has 0 saturated heterocycles. The zero-order valence-corrected chi connectivity index (χ0v) is 5.37. The first kappa shape index (κ1) is 8.95. The smallest absolute Gasteiger partial charge is 0.323 e. The number of carboxylic acids is 1. The van der Waals surface area contributed by atoms with E-state index in [1.807, 2.05) is 0 Å². The van der Waals surface area contributed by atoms with E-state index in [4.69, 9.17) is 16.6 Å². The summed E-state index contributed by atoms with van der Waals surface area (Å²) in [5.41, 5.74) is 0. The zero-order chi connectivity index (χ0) is 7.98. The van der Waals surface area contributed by atoms with Gasteiger partial charge in [0, 0.05) is 0 Å². The van der Waals surface area contributed by atoms with Gasteiger partial charge in [-0.2, -0.15) is 0 Å². The molecule has 0 rings (SSSR count). The molecule has 0 fully saturated rings. The summed E-state index contributed by atoms with van der Waals surface area (Å²) in [6.45, 7) is -0.297. The molecule has 1 atom stereocenters. The first-order chi connectivity index (χ1) is 4.72. The minimum atomic E-state index is -1.10. The van der Waals surface area contributed by atoms with Crippen molar-refractivity contribution >= 4 is 5.97 Å². The van der Waals surface area contributed by atoms with Crippen LogP contribution in [0.2, 0.25) is 0 Å². The number of carbonyl (C=O) groups is 1. The second kappa shape index (κ2) is 4.79. The van der Waals surface area contributed by atoms with Crippen LogP contribution < -0.4 is 5.32 Å². The molecule has 3 N–H and O–H groups in total. The lowest BCUT2D eigenvalue weighted by Crippen LogP contribution is -2.39. The van der Waals surface area contributed by atoms with Crippen LogP contribution in [0.5, 0.6) is 0 Å². The van der Waals surface area contributed by atoms with Crippen LogP contribution in [-0.2, 0) is 4.79 Å². The lowest BCUT2D eigenvalue weighted by atomic mass is 10.3. The first-order valence-electron chi connectivity index (χ1n) is 2.73. The normalized spacial score (nSPS) is 12.0. The Hall–Kier alpha value is -1.05. The van der Waals surface area contributed by atoms with Gasteiger partial charge in [0.1, 0.15) is 6.04 Å². The van der Waals surface area contributed by atoms with Crippen molar-refractivity contribution in [3.63, 3.8) is 0 Å². The highest BCUT2D eigenvalue weighted by atomic mass is 16.4. The molecule has 0 aromatic carbocycles. The van der Waals surface area contributed by atoms with Gasteiger partial charge >= 0.3 is 5.97 Å². The number of terminal acetylenes is 1. The van der Waals surface area contributed by atoms with Gasteiger partial charge in [-0.3, -0.25) is 10.1 Å². The van der Waals surface area contributed by atoms with Gasteiger partial charge in [-0.15, -0.1) is 6.42 Å². The maximum atomic E-state index is 10.1. The second-order valence-corrected chi connectivity index (χ2v) is 1.66. The van der Waals surface area contributed by atoms with E-state index in [2.05, 4.69) is 11.2 Å². The SMILES string of the molecule is C#CCNC(CO)C(=O)O. The molecule has 10 heavy (non-hydrogen) atoms. The van der Waals surface area contributed by atoms with Crippen molar-refractivity contribution in [2.24, 2.45) is 0 Å². The fourth-order valence-electron chi connectivity index (χ4n) is 0.412. The third-order valence-corrected chi connectivity index (χ3v) is 0.931. The van der Waals surface area contributed by atoms with Crippen LogP contribution in [0.15, 0.2) is 0 Å². The predicted octanol–water partition coefficient (Wildman–Crippen LogP) is -1.35. The summed E-state index contributed by atoms with van der Waals surface area (Å²) in [5.74, 6) is 1.10. The van der Waals surface area contributed by atoms with Crippen LogP contribution in [0.3, 0.4) is 0 Å². The number of aliphatic hydroxyl groups is 1. The van der Waals surface area contributed by atoms with Gasteiger partial charge in [0.05, 0.1) is 13.2 Å². The van der Waals surface area contributed by atoms with Gasteiger partial charge in [-0.05, 0) is 0 Å². The van der Waals surface area contributed by atoms with Crippen molar-refractivity contribution in [1.29, 1.82) is 0 Å². The van der Waals surface area contributed by atoms with Crippen LogP contribution in [0.4, 0.5) is 0 Å². The molecule has 0 saturated carbocycles. The molecule has 0 aliphatic heterocycles. The van der Waals surface area contributed by atoms with E-state index in [0.717, 1.165) is 0 Å². The lowest BCUT2D eigenvalue weighted by Gasteiger charge is -2.07. The van der Waals surface area contributed by atoms with E-state index < -0.39 is 18.6 Å². The maximum Gasteiger partial charge on any atom is 0.323 e. The standard InChI is InChI=1S/C6H9NO3/c1-2-3-7-5(4-8)6(9)10/h1,5,7-8H,3-4H2,(H,9,10). The Morgan fingerprint density at radius 3 is 2.70 bits per heavy atom. The van der Waals surface area contributed by atoms with Crippen LogP contribution >= 0.6 is 0 Å². The molecule has 0 aliphatic rings. The van der Waals surface area contributed by atoms with Crippen LogP contribution in [-0.4, -0.2) is 35.4 Å². The summed E-state index contributed by atoms with van der Waals surface area (Å²) in [5, 5.41) is 19.2. The Balaban J connectivity index is 3.63. The fraction of sp³-hybridized carbons (Fsp3) is 0.500. The molecule has 0 bridgehead atoms. The molecule has 0 heterocycles. The van der Waals surface area contributed by atoms with Gasteiger partial charge in [-0.1, -0.05) is 5.92 Å². The Morgan fingerprint density at radius 1 is 1.80 bits per heavy atom. The summed E-state index contributed by atoms with van der Waals surface area (Å²) in [7, 11) is 0. The van der Waals surface area contributed by atoms with Crippen molar-refractivity contribution in [2.75, 3.05) is 13.2 Å². The summed E-state index contributed by atoms with van der Waals surface area (Å²) in [4.78, 5) is 10.1. The molecule has 0 aromatic rings. The molecule has 0 radical (unpaired) electrons. The van der Waals surface area contributed by atoms with Crippen molar-refractivity contribution in [2.45, 2.75) is 6.04 Å². The minimum absolute atomic E-state index is 0.150. The molecule has 56 valence electrons. The summed E-state index contributed by atoms with van der Waals surface area (Å²) < 4.78 is 0. The number of hydrogen-bond acceptors (Lipinski definition) is 3. The van der Waals surface area contributed by atoms with Gasteiger partial charge in [0.25, 0.3) is 0 Å². The highest BCUT2D eigenvalue weighted by Crippen LogP contribution is 1.79. The van der Waals surface area contributed by atoms with E-state index in [1.54, 1.807) is 0 Å². The van der Waals surface area contributed by atoms with Crippen molar-refractivity contribution in [3.8, 4) is 12.3 Å². The number of nitrogens with one attached hydrogen (secondary N) is 1. The third kappa shape index (κ3) is 3.07. The lowest BCUT2D eigenvalue weighted by molar-refractivity contribution is -0.140. The quantitative estimate of drug-likeness (QED) is 0.426. The molecule has 0 spiro atoms. The van der Waals surface area contributed by atoms with Crippen LogP contribution in [0, 0.1) is 12.3 Å².